The molecule has 1 nitrogen and oxygen atoms in total. The number of rotatable bonds is 2. The predicted octanol–water partition coefficient (Wildman–Crippen LogP) is 4.06. The fourth-order valence-electron chi connectivity index (χ4n) is 3.77. The Bertz CT molecular complexity index is 228. The lowest BCUT2D eigenvalue weighted by atomic mass is 9.66. The van der Waals surface area contributed by atoms with Crippen LogP contribution in [0.4, 0.5) is 0 Å². The summed E-state index contributed by atoms with van der Waals surface area (Å²) in [6.07, 6.45) is 10.7. The standard InChI is InChI=1S/C15H26O/c1-11-3-6-13(7-4-11)14-8-5-12(2)15(9-14)10-16/h10-15H,3-9H2,1-2H3/t11?,12-,13?,14-,15-/m1/s1. The third kappa shape index (κ3) is 2.67. The van der Waals surface area contributed by atoms with Crippen LogP contribution in [0.5, 0.6) is 0 Å². The van der Waals surface area contributed by atoms with E-state index in [9.17, 15) is 4.79 Å². The lowest BCUT2D eigenvalue weighted by Crippen LogP contribution is -2.30. The van der Waals surface area contributed by atoms with Crippen LogP contribution >= 0.6 is 0 Å². The fraction of sp³-hybridized carbons (Fsp3) is 0.933. The largest absolute Gasteiger partial charge is 0.303 e. The third-order valence-corrected chi connectivity index (χ3v) is 5.20. The molecule has 0 aliphatic heterocycles. The fourth-order valence-corrected chi connectivity index (χ4v) is 3.77. The molecule has 1 heteroatoms. The lowest BCUT2D eigenvalue weighted by molar-refractivity contribution is -0.114. The Morgan fingerprint density at radius 3 is 2.12 bits per heavy atom. The molecule has 0 amide bonds. The van der Waals surface area contributed by atoms with E-state index < -0.39 is 0 Å². The van der Waals surface area contributed by atoms with E-state index in [0.717, 1.165) is 17.8 Å². The summed E-state index contributed by atoms with van der Waals surface area (Å²) in [5, 5.41) is 0. The molecule has 0 heterocycles. The quantitative estimate of drug-likeness (QED) is 0.644. The molecule has 0 saturated heterocycles. The number of carbonyl (C=O) groups excluding carboxylic acids is 1. The second-order valence-electron chi connectivity index (χ2n) is 6.37. The minimum atomic E-state index is 0.359. The van der Waals surface area contributed by atoms with Gasteiger partial charge in [0, 0.05) is 5.92 Å². The van der Waals surface area contributed by atoms with Gasteiger partial charge in [0.1, 0.15) is 6.29 Å². The molecule has 3 atom stereocenters. The van der Waals surface area contributed by atoms with Crippen molar-refractivity contribution in [2.24, 2.45) is 29.6 Å². The normalized spacial score (nSPS) is 45.2. The number of carbonyl (C=O) groups is 1. The number of hydrogen-bond acceptors (Lipinski definition) is 1. The maximum absolute atomic E-state index is 11.1. The maximum Gasteiger partial charge on any atom is 0.123 e. The summed E-state index contributed by atoms with van der Waals surface area (Å²) in [6.45, 7) is 4.63. The van der Waals surface area contributed by atoms with Gasteiger partial charge in [-0.05, 0) is 55.8 Å². The molecule has 0 bridgehead atoms. The van der Waals surface area contributed by atoms with Crippen LogP contribution in [0.1, 0.15) is 58.8 Å². The zero-order valence-corrected chi connectivity index (χ0v) is 10.8. The van der Waals surface area contributed by atoms with E-state index in [0.29, 0.717) is 11.8 Å². The van der Waals surface area contributed by atoms with E-state index in [1.54, 1.807) is 0 Å². The van der Waals surface area contributed by atoms with Gasteiger partial charge < -0.3 is 4.79 Å². The topological polar surface area (TPSA) is 17.1 Å². The van der Waals surface area contributed by atoms with Crippen LogP contribution in [0.15, 0.2) is 0 Å². The van der Waals surface area contributed by atoms with Crippen molar-refractivity contribution in [3.8, 4) is 0 Å². The summed E-state index contributed by atoms with van der Waals surface area (Å²) in [4.78, 5) is 11.1. The Labute approximate surface area is 100.0 Å². The van der Waals surface area contributed by atoms with Gasteiger partial charge in [-0.3, -0.25) is 0 Å². The zero-order chi connectivity index (χ0) is 11.5. The van der Waals surface area contributed by atoms with E-state index in [4.69, 9.17) is 0 Å². The van der Waals surface area contributed by atoms with Crippen molar-refractivity contribution < 1.29 is 4.79 Å². The van der Waals surface area contributed by atoms with Crippen molar-refractivity contribution in [2.45, 2.75) is 58.8 Å². The van der Waals surface area contributed by atoms with Gasteiger partial charge in [0.15, 0.2) is 0 Å². The first kappa shape index (κ1) is 12.1. The van der Waals surface area contributed by atoms with E-state index >= 15 is 0 Å². The maximum atomic E-state index is 11.1. The summed E-state index contributed by atoms with van der Waals surface area (Å²) in [6, 6.07) is 0. The second-order valence-corrected chi connectivity index (χ2v) is 6.37. The van der Waals surface area contributed by atoms with Crippen molar-refractivity contribution in [2.75, 3.05) is 0 Å². The van der Waals surface area contributed by atoms with Gasteiger partial charge >= 0.3 is 0 Å². The van der Waals surface area contributed by atoms with Gasteiger partial charge in [-0.25, -0.2) is 0 Å². The van der Waals surface area contributed by atoms with E-state index in [1.165, 1.54) is 51.2 Å². The highest BCUT2D eigenvalue weighted by atomic mass is 16.1. The predicted molar refractivity (Wildman–Crippen MR) is 67.2 cm³/mol. The van der Waals surface area contributed by atoms with Crippen LogP contribution in [-0.2, 0) is 4.79 Å². The van der Waals surface area contributed by atoms with Crippen LogP contribution in [0.25, 0.3) is 0 Å². The average molecular weight is 222 g/mol. The molecule has 2 rings (SSSR count). The molecule has 2 aliphatic carbocycles. The lowest BCUT2D eigenvalue weighted by Gasteiger charge is -2.38. The first-order valence-corrected chi connectivity index (χ1v) is 7.16. The Morgan fingerprint density at radius 2 is 1.50 bits per heavy atom. The Hall–Kier alpha value is -0.330. The van der Waals surface area contributed by atoms with Crippen LogP contribution in [0, 0.1) is 29.6 Å². The van der Waals surface area contributed by atoms with Crippen molar-refractivity contribution >= 4 is 6.29 Å². The molecular formula is C15H26O. The van der Waals surface area contributed by atoms with Gasteiger partial charge in [-0.2, -0.15) is 0 Å². The summed E-state index contributed by atoms with van der Waals surface area (Å²) in [5.74, 6) is 3.74. The Balaban J connectivity index is 1.88. The molecule has 2 saturated carbocycles. The zero-order valence-electron chi connectivity index (χ0n) is 10.8. The van der Waals surface area contributed by atoms with Crippen molar-refractivity contribution in [1.82, 2.24) is 0 Å². The van der Waals surface area contributed by atoms with E-state index in [2.05, 4.69) is 13.8 Å². The second kappa shape index (κ2) is 5.33. The van der Waals surface area contributed by atoms with Gasteiger partial charge in [0.05, 0.1) is 0 Å². The SMILES string of the molecule is CC1CCC([C@@H]2CC[C@@H](C)[C@@H](C=O)C2)CC1. The molecule has 0 unspecified atom stereocenters. The highest BCUT2D eigenvalue weighted by Gasteiger charge is 2.33. The van der Waals surface area contributed by atoms with E-state index in [1.807, 2.05) is 0 Å². The molecule has 16 heavy (non-hydrogen) atoms. The summed E-state index contributed by atoms with van der Waals surface area (Å²) in [5.41, 5.74) is 0. The highest BCUT2D eigenvalue weighted by Crippen LogP contribution is 2.42. The van der Waals surface area contributed by atoms with Crippen molar-refractivity contribution in [3.05, 3.63) is 0 Å². The first-order chi connectivity index (χ1) is 7.70. The molecule has 0 aromatic carbocycles. The van der Waals surface area contributed by atoms with Gasteiger partial charge in [-0.15, -0.1) is 0 Å². The smallest absolute Gasteiger partial charge is 0.123 e. The number of aldehydes is 1. The number of hydrogen-bond donors (Lipinski definition) is 0. The van der Waals surface area contributed by atoms with Crippen LogP contribution in [0.3, 0.4) is 0 Å². The van der Waals surface area contributed by atoms with E-state index in [-0.39, 0.29) is 0 Å². The van der Waals surface area contributed by atoms with Crippen molar-refractivity contribution in [1.29, 1.82) is 0 Å². The molecule has 92 valence electrons. The van der Waals surface area contributed by atoms with Crippen LogP contribution in [-0.4, -0.2) is 6.29 Å². The molecular weight excluding hydrogens is 196 g/mol. The van der Waals surface area contributed by atoms with Crippen molar-refractivity contribution in [3.63, 3.8) is 0 Å². The summed E-state index contributed by atoms with van der Waals surface area (Å²) >= 11 is 0. The highest BCUT2D eigenvalue weighted by molar-refractivity contribution is 5.54. The average Bonchev–Trinajstić information content (AvgIpc) is 2.31. The van der Waals surface area contributed by atoms with Crippen LogP contribution < -0.4 is 0 Å². The van der Waals surface area contributed by atoms with Gasteiger partial charge in [0.25, 0.3) is 0 Å². The molecule has 0 N–H and O–H groups in total. The molecule has 2 fully saturated rings. The first-order valence-electron chi connectivity index (χ1n) is 7.16. The minimum Gasteiger partial charge on any atom is -0.303 e. The Morgan fingerprint density at radius 1 is 0.875 bits per heavy atom. The van der Waals surface area contributed by atoms with Crippen LogP contribution in [0.2, 0.25) is 0 Å². The summed E-state index contributed by atoms with van der Waals surface area (Å²) in [7, 11) is 0. The van der Waals surface area contributed by atoms with Gasteiger partial charge in [-0.1, -0.05) is 26.7 Å². The summed E-state index contributed by atoms with van der Waals surface area (Å²) < 4.78 is 0. The van der Waals surface area contributed by atoms with Gasteiger partial charge in [0.2, 0.25) is 0 Å². The molecule has 0 radical (unpaired) electrons. The molecule has 0 aromatic heterocycles. The third-order valence-electron chi connectivity index (χ3n) is 5.20. The monoisotopic (exact) mass is 222 g/mol. The Kier molecular flexibility index (Phi) is 4.05. The minimum absolute atomic E-state index is 0.359. The molecule has 0 spiro atoms. The molecule has 2 aliphatic rings. The molecule has 0 aromatic rings.